The number of nitrogens with zero attached hydrogens (tertiary/aromatic N) is 1. The molecule has 100 valence electrons. The molecule has 0 aliphatic heterocycles. The number of benzene rings is 1. The van der Waals surface area contributed by atoms with Crippen LogP contribution in [-0.2, 0) is 5.75 Å². The lowest BCUT2D eigenvalue weighted by atomic mass is 10.2. The van der Waals surface area contributed by atoms with Gasteiger partial charge in [-0.1, -0.05) is 5.16 Å². The average molecular weight is 281 g/mol. The normalized spacial score (nSPS) is 10.7. The van der Waals surface area contributed by atoms with E-state index in [-0.39, 0.29) is 5.56 Å². The Morgan fingerprint density at radius 1 is 1.47 bits per heavy atom. The first-order chi connectivity index (χ1) is 8.99. The standard InChI is InChI=1S/C13H12FNO3S/c1-7-11(8(2)18-15-7)6-19-9-3-4-12(14)10(5-9)13(16)17/h3-5H,6H2,1-2H3,(H,16,17). The molecule has 1 aromatic heterocycles. The Labute approximate surface area is 113 Å². The Morgan fingerprint density at radius 2 is 2.21 bits per heavy atom. The van der Waals surface area contributed by atoms with Gasteiger partial charge in [0.1, 0.15) is 11.6 Å². The van der Waals surface area contributed by atoms with E-state index in [0.717, 1.165) is 17.0 Å². The molecule has 1 N–H and O–H groups in total. The van der Waals surface area contributed by atoms with Gasteiger partial charge >= 0.3 is 5.97 Å². The zero-order chi connectivity index (χ0) is 14.0. The number of aromatic nitrogens is 1. The fourth-order valence-electron chi connectivity index (χ4n) is 1.62. The minimum absolute atomic E-state index is 0.316. The molecule has 0 unspecified atom stereocenters. The SMILES string of the molecule is Cc1noc(C)c1CSc1ccc(F)c(C(=O)O)c1. The van der Waals surface area contributed by atoms with Crippen LogP contribution in [0.25, 0.3) is 0 Å². The molecule has 0 atom stereocenters. The molecular weight excluding hydrogens is 269 g/mol. The number of rotatable bonds is 4. The van der Waals surface area contributed by atoms with E-state index in [9.17, 15) is 9.18 Å². The van der Waals surface area contributed by atoms with Gasteiger partial charge in [0.25, 0.3) is 0 Å². The van der Waals surface area contributed by atoms with Crippen molar-refractivity contribution in [3.05, 3.63) is 46.6 Å². The van der Waals surface area contributed by atoms with E-state index < -0.39 is 11.8 Å². The predicted octanol–water partition coefficient (Wildman–Crippen LogP) is 3.42. The van der Waals surface area contributed by atoms with Crippen molar-refractivity contribution in [1.82, 2.24) is 5.16 Å². The Bertz CT molecular complexity index is 605. The Morgan fingerprint density at radius 3 is 2.79 bits per heavy atom. The molecule has 0 saturated heterocycles. The van der Waals surface area contributed by atoms with E-state index in [2.05, 4.69) is 5.16 Å². The number of carboxylic acids is 1. The van der Waals surface area contributed by atoms with Crippen LogP contribution in [-0.4, -0.2) is 16.2 Å². The maximum Gasteiger partial charge on any atom is 0.338 e. The largest absolute Gasteiger partial charge is 0.478 e. The molecule has 0 aliphatic rings. The number of carboxylic acid groups (broad SMARTS) is 1. The Hall–Kier alpha value is -1.82. The number of hydrogen-bond acceptors (Lipinski definition) is 4. The number of halogens is 1. The Kier molecular flexibility index (Phi) is 3.90. The van der Waals surface area contributed by atoms with Gasteiger partial charge in [0.2, 0.25) is 0 Å². The smallest absolute Gasteiger partial charge is 0.338 e. The van der Waals surface area contributed by atoms with Gasteiger partial charge in [-0.2, -0.15) is 0 Å². The second-order valence-electron chi connectivity index (χ2n) is 4.04. The molecule has 2 aromatic rings. The lowest BCUT2D eigenvalue weighted by Gasteiger charge is -2.03. The van der Waals surface area contributed by atoms with Gasteiger partial charge in [0.15, 0.2) is 0 Å². The number of carbonyl (C=O) groups is 1. The van der Waals surface area contributed by atoms with Gasteiger partial charge in [0.05, 0.1) is 11.3 Å². The zero-order valence-electron chi connectivity index (χ0n) is 10.4. The lowest BCUT2D eigenvalue weighted by molar-refractivity contribution is 0.0691. The molecular formula is C13H12FNO3S. The van der Waals surface area contributed by atoms with Crippen LogP contribution in [0.2, 0.25) is 0 Å². The monoisotopic (exact) mass is 281 g/mol. The van der Waals surface area contributed by atoms with Crippen LogP contribution in [0.1, 0.15) is 27.4 Å². The van der Waals surface area contributed by atoms with Crippen LogP contribution in [0.4, 0.5) is 4.39 Å². The third-order valence-corrected chi connectivity index (χ3v) is 3.75. The number of aromatic carboxylic acids is 1. The first kappa shape index (κ1) is 13.6. The van der Waals surface area contributed by atoms with Crippen molar-refractivity contribution in [2.45, 2.75) is 24.5 Å². The lowest BCUT2D eigenvalue weighted by Crippen LogP contribution is -2.00. The number of aryl methyl sites for hydroxylation is 2. The molecule has 1 aromatic carbocycles. The van der Waals surface area contributed by atoms with Gasteiger partial charge < -0.3 is 9.63 Å². The predicted molar refractivity (Wildman–Crippen MR) is 68.9 cm³/mol. The molecule has 0 saturated carbocycles. The van der Waals surface area contributed by atoms with E-state index in [1.165, 1.54) is 23.9 Å². The summed E-state index contributed by atoms with van der Waals surface area (Å²) in [7, 11) is 0. The molecule has 0 bridgehead atoms. The fraction of sp³-hybridized carbons (Fsp3) is 0.231. The van der Waals surface area contributed by atoms with Crippen molar-refractivity contribution in [3.63, 3.8) is 0 Å². The summed E-state index contributed by atoms with van der Waals surface area (Å²) in [6.07, 6.45) is 0. The summed E-state index contributed by atoms with van der Waals surface area (Å²) in [6, 6.07) is 4.06. The molecule has 0 radical (unpaired) electrons. The molecule has 0 aliphatic carbocycles. The molecule has 1 heterocycles. The van der Waals surface area contributed by atoms with Gasteiger partial charge in [0, 0.05) is 16.2 Å². The molecule has 6 heteroatoms. The molecule has 0 amide bonds. The third kappa shape index (κ3) is 2.96. The second kappa shape index (κ2) is 5.44. The van der Waals surface area contributed by atoms with Crippen LogP contribution in [0.5, 0.6) is 0 Å². The minimum Gasteiger partial charge on any atom is -0.478 e. The molecule has 2 rings (SSSR count). The van der Waals surface area contributed by atoms with Crippen LogP contribution in [0.3, 0.4) is 0 Å². The summed E-state index contributed by atoms with van der Waals surface area (Å²) in [5.74, 6) is -0.650. The zero-order valence-corrected chi connectivity index (χ0v) is 11.3. The maximum atomic E-state index is 13.2. The Balaban J connectivity index is 2.16. The summed E-state index contributed by atoms with van der Waals surface area (Å²) in [5, 5.41) is 12.7. The van der Waals surface area contributed by atoms with Gasteiger partial charge in [-0.3, -0.25) is 0 Å². The van der Waals surface area contributed by atoms with E-state index >= 15 is 0 Å². The van der Waals surface area contributed by atoms with Gasteiger partial charge in [-0.05, 0) is 32.0 Å². The summed E-state index contributed by atoms with van der Waals surface area (Å²) < 4.78 is 18.3. The van der Waals surface area contributed by atoms with E-state index in [4.69, 9.17) is 9.63 Å². The topological polar surface area (TPSA) is 63.3 Å². The number of hydrogen-bond donors (Lipinski definition) is 1. The van der Waals surface area contributed by atoms with Crippen molar-refractivity contribution in [1.29, 1.82) is 0 Å². The number of thioether (sulfide) groups is 1. The van der Waals surface area contributed by atoms with Crippen LogP contribution >= 0.6 is 11.8 Å². The van der Waals surface area contributed by atoms with E-state index in [1.807, 2.05) is 13.8 Å². The van der Waals surface area contributed by atoms with Crippen molar-refractivity contribution in [2.75, 3.05) is 0 Å². The summed E-state index contributed by atoms with van der Waals surface area (Å²) in [6.45, 7) is 3.67. The van der Waals surface area contributed by atoms with Crippen molar-refractivity contribution in [3.8, 4) is 0 Å². The minimum atomic E-state index is -1.27. The summed E-state index contributed by atoms with van der Waals surface area (Å²) >= 11 is 1.42. The first-order valence-electron chi connectivity index (χ1n) is 5.56. The van der Waals surface area contributed by atoms with Gasteiger partial charge in [-0.25, -0.2) is 9.18 Å². The summed E-state index contributed by atoms with van der Waals surface area (Å²) in [5.41, 5.74) is 1.47. The van der Waals surface area contributed by atoms with Crippen molar-refractivity contribution < 1.29 is 18.8 Å². The van der Waals surface area contributed by atoms with Crippen molar-refractivity contribution in [2.24, 2.45) is 0 Å². The highest BCUT2D eigenvalue weighted by molar-refractivity contribution is 7.98. The highest BCUT2D eigenvalue weighted by atomic mass is 32.2. The molecule has 0 spiro atoms. The fourth-order valence-corrected chi connectivity index (χ4v) is 2.71. The maximum absolute atomic E-state index is 13.2. The third-order valence-electron chi connectivity index (χ3n) is 2.73. The van der Waals surface area contributed by atoms with Crippen LogP contribution in [0, 0.1) is 19.7 Å². The highest BCUT2D eigenvalue weighted by Crippen LogP contribution is 2.27. The second-order valence-corrected chi connectivity index (χ2v) is 5.09. The first-order valence-corrected chi connectivity index (χ1v) is 6.55. The molecule has 0 fully saturated rings. The van der Waals surface area contributed by atoms with Crippen molar-refractivity contribution >= 4 is 17.7 Å². The molecule has 4 nitrogen and oxygen atoms in total. The highest BCUT2D eigenvalue weighted by Gasteiger charge is 2.13. The summed E-state index contributed by atoms with van der Waals surface area (Å²) in [4.78, 5) is 11.5. The van der Waals surface area contributed by atoms with Crippen LogP contribution in [0.15, 0.2) is 27.6 Å². The van der Waals surface area contributed by atoms with Gasteiger partial charge in [-0.15, -0.1) is 11.8 Å². The van der Waals surface area contributed by atoms with Crippen LogP contribution < -0.4 is 0 Å². The quantitative estimate of drug-likeness (QED) is 0.870. The average Bonchev–Trinajstić information content (AvgIpc) is 2.68. The van der Waals surface area contributed by atoms with E-state index in [1.54, 1.807) is 6.07 Å². The molecule has 19 heavy (non-hydrogen) atoms. The van der Waals surface area contributed by atoms with E-state index in [0.29, 0.717) is 10.6 Å².